The molecule has 1 aliphatic heterocycles. The molecule has 26 heavy (non-hydrogen) atoms. The van der Waals surface area contributed by atoms with Crippen LogP contribution in [0, 0.1) is 11.3 Å². The minimum atomic E-state index is -3.64. The highest BCUT2D eigenvalue weighted by molar-refractivity contribution is 7.89. The molecular formula is C20H19N3O2S. The Labute approximate surface area is 152 Å². The fourth-order valence-electron chi connectivity index (χ4n) is 3.76. The monoisotopic (exact) mass is 365 g/mol. The predicted molar refractivity (Wildman–Crippen MR) is 100 cm³/mol. The van der Waals surface area contributed by atoms with Crippen molar-refractivity contribution in [3.8, 4) is 6.07 Å². The molecule has 4 rings (SSSR count). The van der Waals surface area contributed by atoms with E-state index in [1.54, 1.807) is 18.2 Å². The molecule has 1 aliphatic rings. The number of piperidine rings is 1. The molecule has 1 saturated heterocycles. The first-order chi connectivity index (χ1) is 12.6. The van der Waals surface area contributed by atoms with Crippen LogP contribution in [0.4, 0.5) is 0 Å². The van der Waals surface area contributed by atoms with Crippen molar-refractivity contribution in [2.24, 2.45) is 0 Å². The number of aromatic nitrogens is 1. The van der Waals surface area contributed by atoms with Crippen molar-refractivity contribution in [2.75, 3.05) is 13.1 Å². The van der Waals surface area contributed by atoms with Gasteiger partial charge in [0.05, 0.1) is 10.5 Å². The Bertz CT molecular complexity index is 1090. The Morgan fingerprint density at radius 2 is 1.73 bits per heavy atom. The van der Waals surface area contributed by atoms with E-state index in [9.17, 15) is 13.7 Å². The second kappa shape index (κ2) is 6.60. The Morgan fingerprint density at radius 1 is 1.04 bits per heavy atom. The maximum Gasteiger partial charge on any atom is 0.244 e. The number of hydrogen-bond acceptors (Lipinski definition) is 3. The van der Waals surface area contributed by atoms with Crippen molar-refractivity contribution in [1.82, 2.24) is 9.29 Å². The number of para-hydroxylation sites is 1. The first-order valence-electron chi connectivity index (χ1n) is 8.66. The lowest BCUT2D eigenvalue weighted by molar-refractivity contribution is 0.320. The quantitative estimate of drug-likeness (QED) is 0.770. The van der Waals surface area contributed by atoms with Gasteiger partial charge in [-0.3, -0.25) is 0 Å². The van der Waals surface area contributed by atoms with Crippen LogP contribution in [0.5, 0.6) is 0 Å². The van der Waals surface area contributed by atoms with Crippen LogP contribution in [0.2, 0.25) is 0 Å². The highest BCUT2D eigenvalue weighted by Crippen LogP contribution is 2.34. The molecule has 2 aromatic carbocycles. The lowest BCUT2D eigenvalue weighted by Gasteiger charge is -2.31. The first kappa shape index (κ1) is 16.8. The van der Waals surface area contributed by atoms with Crippen LogP contribution in [-0.4, -0.2) is 30.8 Å². The number of sulfonamides is 1. The third-order valence-corrected chi connectivity index (χ3v) is 7.10. The standard InChI is InChI=1S/C20H19N3O2S/c21-13-16-5-1-4-8-20(16)26(24,25)23-11-9-15(10-12-23)18-14-22-19-7-3-2-6-17(18)19/h1-8,14-15,22H,9-12H2. The maximum atomic E-state index is 12.9. The summed E-state index contributed by atoms with van der Waals surface area (Å²) < 4.78 is 27.4. The summed E-state index contributed by atoms with van der Waals surface area (Å²) in [5, 5.41) is 10.4. The summed E-state index contributed by atoms with van der Waals surface area (Å²) in [6.45, 7) is 0.929. The van der Waals surface area contributed by atoms with Gasteiger partial charge < -0.3 is 4.98 Å². The van der Waals surface area contributed by atoms with Crippen molar-refractivity contribution in [2.45, 2.75) is 23.7 Å². The molecule has 1 aromatic heterocycles. The Kier molecular flexibility index (Phi) is 4.27. The third-order valence-electron chi connectivity index (χ3n) is 5.14. The van der Waals surface area contributed by atoms with Crippen LogP contribution < -0.4 is 0 Å². The first-order valence-corrected chi connectivity index (χ1v) is 10.1. The van der Waals surface area contributed by atoms with Gasteiger partial charge in [-0.15, -0.1) is 0 Å². The summed E-state index contributed by atoms with van der Waals surface area (Å²) in [5.41, 5.74) is 2.57. The van der Waals surface area contributed by atoms with Gasteiger partial charge in [-0.05, 0) is 42.5 Å². The average molecular weight is 365 g/mol. The maximum absolute atomic E-state index is 12.9. The summed E-state index contributed by atoms with van der Waals surface area (Å²) in [7, 11) is -3.64. The third kappa shape index (κ3) is 2.79. The molecule has 0 bridgehead atoms. The van der Waals surface area contributed by atoms with Crippen molar-refractivity contribution >= 4 is 20.9 Å². The number of rotatable bonds is 3. The smallest absolute Gasteiger partial charge is 0.244 e. The fourth-order valence-corrected chi connectivity index (χ4v) is 5.37. The molecular weight excluding hydrogens is 346 g/mol. The average Bonchev–Trinajstić information content (AvgIpc) is 3.12. The Morgan fingerprint density at radius 3 is 2.50 bits per heavy atom. The molecule has 0 spiro atoms. The molecule has 3 aromatic rings. The zero-order valence-corrected chi connectivity index (χ0v) is 15.0. The number of nitrogens with one attached hydrogen (secondary N) is 1. The van der Waals surface area contributed by atoms with Gasteiger partial charge >= 0.3 is 0 Å². The molecule has 0 radical (unpaired) electrons. The van der Waals surface area contributed by atoms with Crippen molar-refractivity contribution < 1.29 is 8.42 Å². The van der Waals surface area contributed by atoms with Crippen molar-refractivity contribution in [1.29, 1.82) is 5.26 Å². The number of fused-ring (bicyclic) bond motifs is 1. The zero-order chi connectivity index (χ0) is 18.1. The number of nitrogens with zero attached hydrogens (tertiary/aromatic N) is 2. The van der Waals surface area contributed by atoms with Gasteiger partial charge in [0.25, 0.3) is 0 Å². The molecule has 6 heteroatoms. The van der Waals surface area contributed by atoms with E-state index in [2.05, 4.69) is 17.1 Å². The lowest BCUT2D eigenvalue weighted by Crippen LogP contribution is -2.38. The van der Waals surface area contributed by atoms with Gasteiger partial charge in [0.2, 0.25) is 10.0 Å². The van der Waals surface area contributed by atoms with E-state index >= 15 is 0 Å². The van der Waals surface area contributed by atoms with Gasteiger partial charge in [-0.2, -0.15) is 9.57 Å². The molecule has 0 unspecified atom stereocenters. The lowest BCUT2D eigenvalue weighted by atomic mass is 9.90. The Balaban J connectivity index is 1.56. The van der Waals surface area contributed by atoms with Gasteiger partial charge in [-0.1, -0.05) is 30.3 Å². The molecule has 5 nitrogen and oxygen atoms in total. The van der Waals surface area contributed by atoms with Gasteiger partial charge in [0.1, 0.15) is 6.07 Å². The summed E-state index contributed by atoms with van der Waals surface area (Å²) in [6.07, 6.45) is 3.59. The van der Waals surface area contributed by atoms with Gasteiger partial charge in [0, 0.05) is 30.2 Å². The second-order valence-electron chi connectivity index (χ2n) is 6.58. The van der Waals surface area contributed by atoms with Crippen LogP contribution in [0.15, 0.2) is 59.6 Å². The molecule has 132 valence electrons. The summed E-state index contributed by atoms with van der Waals surface area (Å²) >= 11 is 0. The summed E-state index contributed by atoms with van der Waals surface area (Å²) in [5.74, 6) is 0.337. The zero-order valence-electron chi connectivity index (χ0n) is 14.2. The number of hydrogen-bond donors (Lipinski definition) is 1. The minimum absolute atomic E-state index is 0.105. The molecule has 1 N–H and O–H groups in total. The topological polar surface area (TPSA) is 77.0 Å². The van der Waals surface area contributed by atoms with E-state index < -0.39 is 10.0 Å². The predicted octanol–water partition coefficient (Wildman–Crippen LogP) is 3.61. The van der Waals surface area contributed by atoms with E-state index in [1.165, 1.54) is 21.3 Å². The molecule has 0 amide bonds. The van der Waals surface area contributed by atoms with Crippen molar-refractivity contribution in [3.63, 3.8) is 0 Å². The summed E-state index contributed by atoms with van der Waals surface area (Å²) in [6, 6.07) is 16.6. The van der Waals surface area contributed by atoms with E-state index in [0.29, 0.717) is 19.0 Å². The van der Waals surface area contributed by atoms with Crippen LogP contribution in [0.25, 0.3) is 10.9 Å². The summed E-state index contributed by atoms with van der Waals surface area (Å²) in [4.78, 5) is 3.40. The molecule has 0 aliphatic carbocycles. The normalized spacial score (nSPS) is 16.6. The highest BCUT2D eigenvalue weighted by atomic mass is 32.2. The number of benzene rings is 2. The molecule has 0 saturated carbocycles. The van der Waals surface area contributed by atoms with Crippen LogP contribution >= 0.6 is 0 Å². The minimum Gasteiger partial charge on any atom is -0.361 e. The van der Waals surface area contributed by atoms with Crippen LogP contribution in [0.3, 0.4) is 0 Å². The van der Waals surface area contributed by atoms with E-state index in [0.717, 1.165) is 18.4 Å². The Hall–Kier alpha value is -2.62. The highest BCUT2D eigenvalue weighted by Gasteiger charge is 2.32. The van der Waals surface area contributed by atoms with E-state index in [4.69, 9.17) is 0 Å². The van der Waals surface area contributed by atoms with E-state index in [1.807, 2.05) is 24.4 Å². The number of nitriles is 1. The fraction of sp³-hybridized carbons (Fsp3) is 0.250. The molecule has 1 fully saturated rings. The van der Waals surface area contributed by atoms with Gasteiger partial charge in [0.15, 0.2) is 0 Å². The molecule has 0 atom stereocenters. The van der Waals surface area contributed by atoms with E-state index in [-0.39, 0.29) is 10.5 Å². The van der Waals surface area contributed by atoms with Crippen molar-refractivity contribution in [3.05, 3.63) is 65.9 Å². The molecule has 2 heterocycles. The number of H-pyrrole nitrogens is 1. The van der Waals surface area contributed by atoms with Crippen LogP contribution in [-0.2, 0) is 10.0 Å². The number of aromatic amines is 1. The van der Waals surface area contributed by atoms with Gasteiger partial charge in [-0.25, -0.2) is 8.42 Å². The van der Waals surface area contributed by atoms with Crippen LogP contribution in [0.1, 0.15) is 29.9 Å². The second-order valence-corrected chi connectivity index (χ2v) is 8.48. The SMILES string of the molecule is N#Cc1ccccc1S(=O)(=O)N1CCC(c2c[nH]c3ccccc23)CC1. The largest absolute Gasteiger partial charge is 0.361 e.